The molecular formula is C11H20N2O3. The second-order valence-electron chi connectivity index (χ2n) is 5.01. The molecule has 0 radical (unpaired) electrons. The minimum atomic E-state index is -0.557. The summed E-state index contributed by atoms with van der Waals surface area (Å²) in [4.78, 5) is 12.0. The van der Waals surface area contributed by atoms with E-state index in [0.29, 0.717) is 11.8 Å². The molecule has 2 rings (SSSR count). The molecule has 2 aliphatic carbocycles. The number of fused-ring (bicyclic) bond motifs is 2. The van der Waals surface area contributed by atoms with Gasteiger partial charge in [-0.1, -0.05) is 0 Å². The lowest BCUT2D eigenvalue weighted by Crippen LogP contribution is -2.49. The minimum Gasteiger partial charge on any atom is -0.394 e. The van der Waals surface area contributed by atoms with Crippen LogP contribution in [0.25, 0.3) is 0 Å². The molecule has 4 atom stereocenters. The maximum atomic E-state index is 12.0. The van der Waals surface area contributed by atoms with Gasteiger partial charge in [0.1, 0.15) is 0 Å². The Labute approximate surface area is 95.0 Å². The SMILES string of the molecule is NC1C2CCC(C2)C1C(=O)NC(CO)CO. The van der Waals surface area contributed by atoms with Crippen LogP contribution in [-0.2, 0) is 4.79 Å². The highest BCUT2D eigenvalue weighted by molar-refractivity contribution is 5.80. The summed E-state index contributed by atoms with van der Waals surface area (Å²) in [6.07, 6.45) is 3.28. The molecule has 0 aromatic rings. The van der Waals surface area contributed by atoms with E-state index in [2.05, 4.69) is 5.32 Å². The number of carbonyl (C=O) groups excluding carboxylic acids is 1. The third-order valence-corrected chi connectivity index (χ3v) is 4.07. The number of carbonyl (C=O) groups is 1. The van der Waals surface area contributed by atoms with Crippen molar-refractivity contribution in [2.75, 3.05) is 13.2 Å². The van der Waals surface area contributed by atoms with E-state index in [-0.39, 0.29) is 31.1 Å². The normalized spacial score (nSPS) is 37.0. The van der Waals surface area contributed by atoms with Crippen LogP contribution in [0.5, 0.6) is 0 Å². The van der Waals surface area contributed by atoms with Crippen LogP contribution in [0.15, 0.2) is 0 Å². The number of nitrogens with one attached hydrogen (secondary N) is 1. The molecule has 92 valence electrons. The number of hydrogen-bond acceptors (Lipinski definition) is 4. The lowest BCUT2D eigenvalue weighted by atomic mass is 9.84. The molecule has 0 aliphatic heterocycles. The summed E-state index contributed by atoms with van der Waals surface area (Å²) in [5, 5.41) is 20.5. The maximum absolute atomic E-state index is 12.0. The van der Waals surface area contributed by atoms with Gasteiger partial charge in [-0.05, 0) is 31.1 Å². The van der Waals surface area contributed by atoms with Gasteiger partial charge in [-0.25, -0.2) is 0 Å². The first kappa shape index (κ1) is 11.8. The number of aliphatic hydroxyl groups excluding tert-OH is 2. The summed E-state index contributed by atoms with van der Waals surface area (Å²) < 4.78 is 0. The second kappa shape index (κ2) is 4.69. The monoisotopic (exact) mass is 228 g/mol. The van der Waals surface area contributed by atoms with Crippen LogP contribution >= 0.6 is 0 Å². The average molecular weight is 228 g/mol. The third-order valence-electron chi connectivity index (χ3n) is 4.07. The Kier molecular flexibility index (Phi) is 3.47. The van der Waals surface area contributed by atoms with E-state index >= 15 is 0 Å². The van der Waals surface area contributed by atoms with Gasteiger partial charge in [-0.2, -0.15) is 0 Å². The van der Waals surface area contributed by atoms with E-state index in [9.17, 15) is 4.79 Å². The molecule has 5 N–H and O–H groups in total. The lowest BCUT2D eigenvalue weighted by Gasteiger charge is -2.28. The lowest BCUT2D eigenvalue weighted by molar-refractivity contribution is -0.128. The predicted octanol–water partition coefficient (Wildman–Crippen LogP) is -1.17. The molecule has 5 heteroatoms. The number of aliphatic hydroxyl groups is 2. The van der Waals surface area contributed by atoms with Crippen LogP contribution in [-0.4, -0.2) is 41.4 Å². The number of nitrogens with two attached hydrogens (primary N) is 1. The van der Waals surface area contributed by atoms with E-state index < -0.39 is 6.04 Å². The van der Waals surface area contributed by atoms with Crippen molar-refractivity contribution < 1.29 is 15.0 Å². The highest BCUT2D eigenvalue weighted by Gasteiger charge is 2.49. The molecule has 1 amide bonds. The molecule has 2 aliphatic rings. The van der Waals surface area contributed by atoms with Gasteiger partial charge >= 0.3 is 0 Å². The number of rotatable bonds is 4. The van der Waals surface area contributed by atoms with Crippen molar-refractivity contribution in [1.29, 1.82) is 0 Å². The number of hydrogen-bond donors (Lipinski definition) is 4. The Morgan fingerprint density at radius 2 is 1.94 bits per heavy atom. The van der Waals surface area contributed by atoms with Gasteiger partial charge in [0.25, 0.3) is 0 Å². The quantitative estimate of drug-likeness (QED) is 0.487. The van der Waals surface area contributed by atoms with Crippen molar-refractivity contribution in [3.63, 3.8) is 0 Å². The maximum Gasteiger partial charge on any atom is 0.225 e. The smallest absolute Gasteiger partial charge is 0.225 e. The van der Waals surface area contributed by atoms with Crippen molar-refractivity contribution in [3.05, 3.63) is 0 Å². The molecule has 0 saturated heterocycles. The Morgan fingerprint density at radius 3 is 2.44 bits per heavy atom. The van der Waals surface area contributed by atoms with Gasteiger partial charge < -0.3 is 21.3 Å². The van der Waals surface area contributed by atoms with E-state index in [4.69, 9.17) is 15.9 Å². The Bertz CT molecular complexity index is 266. The van der Waals surface area contributed by atoms with Crippen molar-refractivity contribution in [2.45, 2.75) is 31.3 Å². The zero-order chi connectivity index (χ0) is 11.7. The van der Waals surface area contributed by atoms with E-state index in [0.717, 1.165) is 19.3 Å². The fourth-order valence-corrected chi connectivity index (χ4v) is 3.17. The summed E-state index contributed by atoms with van der Waals surface area (Å²) in [6.45, 7) is -0.476. The van der Waals surface area contributed by atoms with E-state index in [1.165, 1.54) is 0 Å². The topological polar surface area (TPSA) is 95.6 Å². The van der Waals surface area contributed by atoms with Gasteiger partial charge in [-0.15, -0.1) is 0 Å². The van der Waals surface area contributed by atoms with E-state index in [1.54, 1.807) is 0 Å². The van der Waals surface area contributed by atoms with Crippen LogP contribution < -0.4 is 11.1 Å². The summed E-state index contributed by atoms with van der Waals surface area (Å²) in [5.74, 6) is 0.660. The first-order valence-electron chi connectivity index (χ1n) is 5.95. The Morgan fingerprint density at radius 1 is 1.31 bits per heavy atom. The Hall–Kier alpha value is -0.650. The largest absolute Gasteiger partial charge is 0.394 e. The summed E-state index contributed by atoms with van der Waals surface area (Å²) in [7, 11) is 0. The molecule has 0 spiro atoms. The molecule has 2 bridgehead atoms. The zero-order valence-corrected chi connectivity index (χ0v) is 9.30. The highest BCUT2D eigenvalue weighted by atomic mass is 16.3. The molecule has 5 nitrogen and oxygen atoms in total. The average Bonchev–Trinajstić information content (AvgIpc) is 2.85. The molecule has 2 fully saturated rings. The van der Waals surface area contributed by atoms with Gasteiger partial charge in [0.15, 0.2) is 0 Å². The molecule has 16 heavy (non-hydrogen) atoms. The summed E-state index contributed by atoms with van der Waals surface area (Å²) in [5.41, 5.74) is 6.04. The van der Waals surface area contributed by atoms with Gasteiger partial charge in [0.2, 0.25) is 5.91 Å². The first-order valence-corrected chi connectivity index (χ1v) is 5.95. The van der Waals surface area contributed by atoms with Gasteiger partial charge in [-0.3, -0.25) is 4.79 Å². The van der Waals surface area contributed by atoms with Crippen molar-refractivity contribution in [2.24, 2.45) is 23.5 Å². The first-order chi connectivity index (χ1) is 7.67. The van der Waals surface area contributed by atoms with Crippen molar-refractivity contribution >= 4 is 5.91 Å². The highest BCUT2D eigenvalue weighted by Crippen LogP contribution is 2.47. The third kappa shape index (κ3) is 1.95. The van der Waals surface area contributed by atoms with Gasteiger partial charge in [0.05, 0.1) is 25.2 Å². The zero-order valence-electron chi connectivity index (χ0n) is 9.30. The second-order valence-corrected chi connectivity index (χ2v) is 5.01. The van der Waals surface area contributed by atoms with Crippen LogP contribution in [0.1, 0.15) is 19.3 Å². The van der Waals surface area contributed by atoms with Crippen LogP contribution in [0.4, 0.5) is 0 Å². The molecule has 0 aromatic carbocycles. The standard InChI is InChI=1S/C11H20N2O3/c12-10-7-2-1-6(3-7)9(10)11(16)13-8(4-14)5-15/h6-10,14-15H,1-5,12H2,(H,13,16). The minimum absolute atomic E-state index is 0.0446. The fourth-order valence-electron chi connectivity index (χ4n) is 3.17. The van der Waals surface area contributed by atoms with Crippen LogP contribution in [0, 0.1) is 17.8 Å². The van der Waals surface area contributed by atoms with Gasteiger partial charge in [0, 0.05) is 6.04 Å². The van der Waals surface area contributed by atoms with Crippen LogP contribution in [0.3, 0.4) is 0 Å². The molecule has 0 heterocycles. The molecule has 4 unspecified atom stereocenters. The predicted molar refractivity (Wildman–Crippen MR) is 58.4 cm³/mol. The van der Waals surface area contributed by atoms with Crippen LogP contribution in [0.2, 0.25) is 0 Å². The number of amides is 1. The fraction of sp³-hybridized carbons (Fsp3) is 0.909. The molecular weight excluding hydrogens is 208 g/mol. The van der Waals surface area contributed by atoms with Crippen molar-refractivity contribution in [3.8, 4) is 0 Å². The molecule has 2 saturated carbocycles. The van der Waals surface area contributed by atoms with Crippen molar-refractivity contribution in [1.82, 2.24) is 5.32 Å². The Balaban J connectivity index is 1.95. The molecule has 0 aromatic heterocycles. The van der Waals surface area contributed by atoms with E-state index in [1.807, 2.05) is 0 Å². The summed E-state index contributed by atoms with van der Waals surface area (Å²) >= 11 is 0. The summed E-state index contributed by atoms with van der Waals surface area (Å²) in [6, 6.07) is -0.601.